The largest absolute Gasteiger partial charge is 0.495 e. The van der Waals surface area contributed by atoms with Crippen LogP contribution in [-0.4, -0.2) is 17.1 Å². The van der Waals surface area contributed by atoms with E-state index in [9.17, 15) is 0 Å². The maximum absolute atomic E-state index is 6.16. The smallest absolute Gasteiger partial charge is 0.141 e. The van der Waals surface area contributed by atoms with E-state index in [1.807, 2.05) is 24.3 Å². The van der Waals surface area contributed by atoms with Gasteiger partial charge in [0.1, 0.15) is 5.75 Å². The molecule has 2 aromatic heterocycles. The first-order valence-corrected chi connectivity index (χ1v) is 5.44. The number of hydrogen-bond acceptors (Lipinski definition) is 4. The van der Waals surface area contributed by atoms with E-state index in [2.05, 4.69) is 9.97 Å². The summed E-state index contributed by atoms with van der Waals surface area (Å²) in [6.45, 7) is 0. The Hall–Kier alpha value is -1.94. The second-order valence-electron chi connectivity index (χ2n) is 3.75. The molecule has 0 saturated carbocycles. The van der Waals surface area contributed by atoms with Crippen LogP contribution in [0.1, 0.15) is 17.3 Å². The third-order valence-electron chi connectivity index (χ3n) is 2.59. The van der Waals surface area contributed by atoms with E-state index in [1.54, 1.807) is 25.7 Å². The highest BCUT2D eigenvalue weighted by atomic mass is 16.5. The molecule has 2 heterocycles. The zero-order valence-electron chi connectivity index (χ0n) is 9.71. The highest BCUT2D eigenvalue weighted by Crippen LogP contribution is 2.24. The van der Waals surface area contributed by atoms with Crippen molar-refractivity contribution in [1.82, 2.24) is 9.97 Å². The van der Waals surface area contributed by atoms with Crippen LogP contribution < -0.4 is 10.5 Å². The molecule has 0 radical (unpaired) electrons. The summed E-state index contributed by atoms with van der Waals surface area (Å²) in [6.07, 6.45) is 5.84. The van der Waals surface area contributed by atoms with Crippen molar-refractivity contribution in [3.05, 3.63) is 54.1 Å². The molecule has 0 fully saturated rings. The molecule has 2 rings (SSSR count). The van der Waals surface area contributed by atoms with Crippen LogP contribution in [0.2, 0.25) is 0 Å². The van der Waals surface area contributed by atoms with Crippen molar-refractivity contribution < 1.29 is 4.74 Å². The summed E-state index contributed by atoms with van der Waals surface area (Å²) in [5.74, 6) is 0.718. The number of hydrogen-bond donors (Lipinski definition) is 1. The molecule has 0 aromatic carbocycles. The fraction of sp³-hybridized carbons (Fsp3) is 0.231. The molecule has 0 bridgehead atoms. The lowest BCUT2D eigenvalue weighted by atomic mass is 10.0. The lowest BCUT2D eigenvalue weighted by molar-refractivity contribution is 0.403. The molecule has 4 heteroatoms. The van der Waals surface area contributed by atoms with Crippen LogP contribution in [0.4, 0.5) is 0 Å². The van der Waals surface area contributed by atoms with Gasteiger partial charge in [-0.3, -0.25) is 9.97 Å². The minimum absolute atomic E-state index is 0.136. The van der Waals surface area contributed by atoms with Crippen LogP contribution >= 0.6 is 0 Å². The van der Waals surface area contributed by atoms with Crippen molar-refractivity contribution in [1.29, 1.82) is 0 Å². The van der Waals surface area contributed by atoms with Crippen molar-refractivity contribution >= 4 is 0 Å². The van der Waals surface area contributed by atoms with Crippen molar-refractivity contribution in [2.24, 2.45) is 5.73 Å². The van der Waals surface area contributed by atoms with Crippen molar-refractivity contribution in [2.75, 3.05) is 7.11 Å². The number of pyridine rings is 2. The van der Waals surface area contributed by atoms with Gasteiger partial charge in [-0.25, -0.2) is 0 Å². The van der Waals surface area contributed by atoms with E-state index in [1.165, 1.54) is 0 Å². The normalized spacial score (nSPS) is 12.1. The number of nitrogens with zero attached hydrogens (tertiary/aromatic N) is 2. The first kappa shape index (κ1) is 11.5. The molecule has 1 unspecified atom stereocenters. The predicted molar refractivity (Wildman–Crippen MR) is 65.7 cm³/mol. The Balaban J connectivity index is 2.17. The van der Waals surface area contributed by atoms with Crippen molar-refractivity contribution in [3.8, 4) is 5.75 Å². The third-order valence-corrected chi connectivity index (χ3v) is 2.59. The second-order valence-corrected chi connectivity index (χ2v) is 3.75. The summed E-state index contributed by atoms with van der Waals surface area (Å²) in [5.41, 5.74) is 8.08. The Morgan fingerprint density at radius 1 is 1.29 bits per heavy atom. The molecule has 0 amide bonds. The first-order valence-electron chi connectivity index (χ1n) is 5.44. The molecule has 0 aliphatic rings. The lowest BCUT2D eigenvalue weighted by Crippen LogP contribution is -2.15. The van der Waals surface area contributed by atoms with Gasteiger partial charge in [0.05, 0.1) is 13.3 Å². The molecule has 0 saturated heterocycles. The predicted octanol–water partition coefficient (Wildman–Crippen LogP) is 1.73. The average molecular weight is 229 g/mol. The van der Waals surface area contributed by atoms with Crippen LogP contribution in [0.3, 0.4) is 0 Å². The number of methoxy groups -OCH3 is 1. The molecule has 4 nitrogen and oxygen atoms in total. The van der Waals surface area contributed by atoms with Gasteiger partial charge in [-0.05, 0) is 18.2 Å². The van der Waals surface area contributed by atoms with Gasteiger partial charge in [-0.15, -0.1) is 0 Å². The summed E-state index contributed by atoms with van der Waals surface area (Å²) in [5, 5.41) is 0. The zero-order chi connectivity index (χ0) is 12.1. The first-order chi connectivity index (χ1) is 8.31. The molecule has 1 atom stereocenters. The number of nitrogens with two attached hydrogens (primary N) is 1. The summed E-state index contributed by atoms with van der Waals surface area (Å²) in [4.78, 5) is 8.27. The van der Waals surface area contributed by atoms with Crippen LogP contribution in [0, 0.1) is 0 Å². The van der Waals surface area contributed by atoms with Gasteiger partial charge in [0, 0.05) is 36.1 Å². The van der Waals surface area contributed by atoms with Gasteiger partial charge in [0.15, 0.2) is 0 Å². The van der Waals surface area contributed by atoms with Gasteiger partial charge >= 0.3 is 0 Å². The average Bonchev–Trinajstić information content (AvgIpc) is 2.40. The highest BCUT2D eigenvalue weighted by molar-refractivity contribution is 5.33. The van der Waals surface area contributed by atoms with E-state index >= 15 is 0 Å². The molecule has 0 spiro atoms. The maximum atomic E-state index is 6.16. The fourth-order valence-electron chi connectivity index (χ4n) is 1.72. The maximum Gasteiger partial charge on any atom is 0.141 e. The molecule has 0 aliphatic carbocycles. The molecule has 17 heavy (non-hydrogen) atoms. The SMILES string of the molecule is COc1cnccc1C(N)Cc1ccccn1. The van der Waals surface area contributed by atoms with E-state index in [0.717, 1.165) is 17.0 Å². The highest BCUT2D eigenvalue weighted by Gasteiger charge is 2.12. The fourth-order valence-corrected chi connectivity index (χ4v) is 1.72. The zero-order valence-corrected chi connectivity index (χ0v) is 9.71. The van der Waals surface area contributed by atoms with E-state index in [4.69, 9.17) is 10.5 Å². The van der Waals surface area contributed by atoms with Crippen LogP contribution in [-0.2, 0) is 6.42 Å². The summed E-state index contributed by atoms with van der Waals surface area (Å²) in [6, 6.07) is 7.56. The molecule has 88 valence electrons. The van der Waals surface area contributed by atoms with Gasteiger partial charge in [-0.2, -0.15) is 0 Å². The van der Waals surface area contributed by atoms with Gasteiger partial charge < -0.3 is 10.5 Å². The number of ether oxygens (including phenoxy) is 1. The van der Waals surface area contributed by atoms with E-state index in [0.29, 0.717) is 6.42 Å². The summed E-state index contributed by atoms with van der Waals surface area (Å²) >= 11 is 0. The Bertz CT molecular complexity index is 473. The van der Waals surface area contributed by atoms with Crippen LogP contribution in [0.5, 0.6) is 5.75 Å². The Kier molecular flexibility index (Phi) is 3.67. The van der Waals surface area contributed by atoms with Gasteiger partial charge in [0.2, 0.25) is 0 Å². The number of rotatable bonds is 4. The minimum Gasteiger partial charge on any atom is -0.495 e. The summed E-state index contributed by atoms with van der Waals surface area (Å²) in [7, 11) is 1.62. The van der Waals surface area contributed by atoms with Crippen molar-refractivity contribution in [3.63, 3.8) is 0 Å². The van der Waals surface area contributed by atoms with Crippen molar-refractivity contribution in [2.45, 2.75) is 12.5 Å². The summed E-state index contributed by atoms with van der Waals surface area (Å²) < 4.78 is 5.24. The van der Waals surface area contributed by atoms with Crippen LogP contribution in [0.25, 0.3) is 0 Å². The Labute approximate surface area is 100 Å². The quantitative estimate of drug-likeness (QED) is 0.867. The molecule has 0 aliphatic heterocycles. The molecule has 2 aromatic rings. The lowest BCUT2D eigenvalue weighted by Gasteiger charge is -2.14. The van der Waals surface area contributed by atoms with Gasteiger partial charge in [-0.1, -0.05) is 6.07 Å². The van der Waals surface area contributed by atoms with Crippen LogP contribution in [0.15, 0.2) is 42.9 Å². The van der Waals surface area contributed by atoms with Gasteiger partial charge in [0.25, 0.3) is 0 Å². The topological polar surface area (TPSA) is 61.0 Å². The number of aromatic nitrogens is 2. The monoisotopic (exact) mass is 229 g/mol. The van der Waals surface area contributed by atoms with E-state index < -0.39 is 0 Å². The Morgan fingerprint density at radius 2 is 2.18 bits per heavy atom. The van der Waals surface area contributed by atoms with E-state index in [-0.39, 0.29) is 6.04 Å². The molecular weight excluding hydrogens is 214 g/mol. The molecular formula is C13H15N3O. The second kappa shape index (κ2) is 5.41. The third kappa shape index (κ3) is 2.79. The molecule has 2 N–H and O–H groups in total. The minimum atomic E-state index is -0.136. The standard InChI is InChI=1S/C13H15N3O/c1-17-13-9-15-7-5-11(13)12(14)8-10-4-2-3-6-16-10/h2-7,9,12H,8,14H2,1H3. The Morgan fingerprint density at radius 3 is 2.88 bits per heavy atom.